The van der Waals surface area contributed by atoms with Crippen molar-refractivity contribution < 1.29 is 19.1 Å². The molecule has 148 valence electrons. The number of rotatable bonds is 10. The molecule has 4 heteroatoms. The number of hydrogen-bond acceptors (Lipinski definition) is 4. The highest BCUT2D eigenvalue weighted by Gasteiger charge is 2.51. The van der Waals surface area contributed by atoms with Crippen LogP contribution < -0.4 is 0 Å². The zero-order valence-corrected chi connectivity index (χ0v) is 17.2. The second-order valence-corrected chi connectivity index (χ2v) is 9.00. The van der Waals surface area contributed by atoms with Crippen molar-refractivity contribution >= 4 is 12.1 Å². The zero-order valence-electron chi connectivity index (χ0n) is 17.2. The van der Waals surface area contributed by atoms with Crippen LogP contribution in [0, 0.1) is 22.7 Å². The lowest BCUT2D eigenvalue weighted by Crippen LogP contribution is -2.41. The maximum Gasteiger partial charge on any atom is 0.146 e. The van der Waals surface area contributed by atoms with Gasteiger partial charge in [0.1, 0.15) is 18.9 Å². The van der Waals surface area contributed by atoms with Crippen LogP contribution in [0.15, 0.2) is 11.1 Å². The topological polar surface area (TPSA) is 52.6 Å². The van der Waals surface area contributed by atoms with E-state index < -0.39 is 0 Å². The highest BCUT2D eigenvalue weighted by Crippen LogP contribution is 2.62. The zero-order chi connectivity index (χ0) is 19.4. The summed E-state index contributed by atoms with van der Waals surface area (Å²) < 4.78 is 10.7. The van der Waals surface area contributed by atoms with Gasteiger partial charge in [-0.2, -0.15) is 0 Å². The SMILES string of the molecule is COCOC[C@@H](C)C1=C2[C@@H](CCC(C)=O)[C@](C)(CC=O)CC[C@@]2(C)CC1. The van der Waals surface area contributed by atoms with E-state index in [1.165, 1.54) is 12.0 Å². The van der Waals surface area contributed by atoms with Crippen molar-refractivity contribution in [1.82, 2.24) is 0 Å². The van der Waals surface area contributed by atoms with E-state index in [-0.39, 0.29) is 16.6 Å². The smallest absolute Gasteiger partial charge is 0.146 e. The lowest BCUT2D eigenvalue weighted by atomic mass is 9.54. The van der Waals surface area contributed by atoms with E-state index in [0.29, 0.717) is 38.1 Å². The van der Waals surface area contributed by atoms with E-state index in [2.05, 4.69) is 20.8 Å². The van der Waals surface area contributed by atoms with Crippen LogP contribution >= 0.6 is 0 Å². The van der Waals surface area contributed by atoms with E-state index in [1.807, 2.05) is 0 Å². The van der Waals surface area contributed by atoms with Gasteiger partial charge in [-0.05, 0) is 55.8 Å². The average molecular weight is 365 g/mol. The second kappa shape index (κ2) is 8.79. The normalized spacial score (nSPS) is 32.4. The fourth-order valence-electron chi connectivity index (χ4n) is 5.25. The number of carbonyl (C=O) groups is 2. The molecule has 0 radical (unpaired) electrons. The molecular weight excluding hydrogens is 328 g/mol. The summed E-state index contributed by atoms with van der Waals surface area (Å²) in [5, 5.41) is 0. The van der Waals surface area contributed by atoms with Gasteiger partial charge in [0.15, 0.2) is 0 Å². The fourth-order valence-corrected chi connectivity index (χ4v) is 5.25. The summed E-state index contributed by atoms with van der Waals surface area (Å²) in [5.74, 6) is 0.903. The predicted octanol–water partition coefficient (Wildman–Crippen LogP) is 4.71. The number of methoxy groups -OCH3 is 1. The quantitative estimate of drug-likeness (QED) is 0.244. The lowest BCUT2D eigenvalue weighted by Gasteiger charge is -2.50. The molecule has 0 spiro atoms. The first-order valence-electron chi connectivity index (χ1n) is 10.0. The van der Waals surface area contributed by atoms with Crippen LogP contribution in [0.2, 0.25) is 0 Å². The Labute approximate surface area is 158 Å². The van der Waals surface area contributed by atoms with Gasteiger partial charge in [-0.3, -0.25) is 0 Å². The number of ketones is 1. The van der Waals surface area contributed by atoms with Crippen molar-refractivity contribution in [2.75, 3.05) is 20.5 Å². The van der Waals surface area contributed by atoms with Crippen LogP contribution in [-0.2, 0) is 19.1 Å². The first-order valence-corrected chi connectivity index (χ1v) is 10.0. The van der Waals surface area contributed by atoms with Gasteiger partial charge in [0, 0.05) is 25.9 Å². The molecule has 2 aliphatic carbocycles. The van der Waals surface area contributed by atoms with Crippen molar-refractivity contribution in [3.05, 3.63) is 11.1 Å². The largest absolute Gasteiger partial charge is 0.359 e. The molecule has 0 saturated heterocycles. The second-order valence-electron chi connectivity index (χ2n) is 9.00. The summed E-state index contributed by atoms with van der Waals surface area (Å²) in [7, 11) is 1.64. The number of Topliss-reactive ketones (excluding diaryl/α,β-unsaturated/α-hetero) is 1. The molecule has 2 rings (SSSR count). The number of carbonyl (C=O) groups excluding carboxylic acids is 2. The molecule has 0 bridgehead atoms. The van der Waals surface area contributed by atoms with Gasteiger partial charge in [-0.1, -0.05) is 31.9 Å². The molecule has 0 unspecified atom stereocenters. The summed E-state index contributed by atoms with van der Waals surface area (Å²) in [5.41, 5.74) is 3.24. The summed E-state index contributed by atoms with van der Waals surface area (Å²) in [6.07, 6.45) is 7.60. The Morgan fingerprint density at radius 1 is 1.31 bits per heavy atom. The standard InChI is InChI=1S/C22H36O4/c1-16(14-26-15-25-5)18-8-9-22(4)11-10-21(3,12-13-23)19(20(18)22)7-6-17(2)24/h13,16,19H,6-12,14-15H2,1-5H3/t16-,19-,21+,22-/m1/s1. The molecule has 2 aliphatic rings. The number of aldehydes is 1. The third kappa shape index (κ3) is 4.45. The minimum absolute atomic E-state index is 0.0330. The number of ether oxygens (including phenoxy) is 2. The Morgan fingerprint density at radius 3 is 2.65 bits per heavy atom. The molecule has 26 heavy (non-hydrogen) atoms. The van der Waals surface area contributed by atoms with Crippen LogP contribution in [-0.4, -0.2) is 32.6 Å². The van der Waals surface area contributed by atoms with E-state index in [4.69, 9.17) is 9.47 Å². The van der Waals surface area contributed by atoms with Crippen molar-refractivity contribution in [3.8, 4) is 0 Å². The van der Waals surface area contributed by atoms with Crippen LogP contribution in [0.3, 0.4) is 0 Å². The molecule has 0 N–H and O–H groups in total. The van der Waals surface area contributed by atoms with Gasteiger partial charge in [0.05, 0.1) is 6.61 Å². The minimum Gasteiger partial charge on any atom is -0.359 e. The summed E-state index contributed by atoms with van der Waals surface area (Å²) in [4.78, 5) is 23.1. The maximum absolute atomic E-state index is 11.7. The van der Waals surface area contributed by atoms with E-state index >= 15 is 0 Å². The third-order valence-electron chi connectivity index (χ3n) is 6.88. The van der Waals surface area contributed by atoms with E-state index in [0.717, 1.165) is 32.0 Å². The molecule has 0 aromatic rings. The molecule has 4 atom stereocenters. The van der Waals surface area contributed by atoms with Gasteiger partial charge in [0.25, 0.3) is 0 Å². The Morgan fingerprint density at radius 2 is 2.04 bits per heavy atom. The Bertz CT molecular complexity index is 552. The van der Waals surface area contributed by atoms with Gasteiger partial charge < -0.3 is 19.1 Å². The summed E-state index contributed by atoms with van der Waals surface area (Å²) in [6.45, 7) is 9.52. The van der Waals surface area contributed by atoms with Crippen LogP contribution in [0.25, 0.3) is 0 Å². The Hall–Kier alpha value is -1.00. The molecule has 0 aliphatic heterocycles. The van der Waals surface area contributed by atoms with Crippen molar-refractivity contribution in [3.63, 3.8) is 0 Å². The van der Waals surface area contributed by atoms with E-state index in [1.54, 1.807) is 19.6 Å². The van der Waals surface area contributed by atoms with Crippen molar-refractivity contribution in [1.29, 1.82) is 0 Å². The van der Waals surface area contributed by atoms with E-state index in [9.17, 15) is 9.59 Å². The van der Waals surface area contributed by atoms with Gasteiger partial charge in [0.2, 0.25) is 0 Å². The fraction of sp³-hybridized carbons (Fsp3) is 0.818. The van der Waals surface area contributed by atoms with Crippen LogP contribution in [0.4, 0.5) is 0 Å². The molecule has 1 fully saturated rings. The van der Waals surface area contributed by atoms with Gasteiger partial charge in [-0.25, -0.2) is 0 Å². The minimum atomic E-state index is -0.0330. The maximum atomic E-state index is 11.7. The van der Waals surface area contributed by atoms with Crippen molar-refractivity contribution in [2.24, 2.45) is 22.7 Å². The van der Waals surface area contributed by atoms with Crippen LogP contribution in [0.1, 0.15) is 72.6 Å². The molecule has 0 aromatic heterocycles. The number of allylic oxidation sites excluding steroid dienone is 1. The molecule has 0 amide bonds. The first-order chi connectivity index (χ1) is 12.3. The number of hydrogen-bond donors (Lipinski definition) is 0. The molecule has 0 aromatic carbocycles. The van der Waals surface area contributed by atoms with Crippen LogP contribution in [0.5, 0.6) is 0 Å². The summed E-state index contributed by atoms with van der Waals surface area (Å²) >= 11 is 0. The Balaban J connectivity index is 2.37. The first kappa shape index (κ1) is 21.3. The highest BCUT2D eigenvalue weighted by atomic mass is 16.7. The molecule has 1 saturated carbocycles. The van der Waals surface area contributed by atoms with Gasteiger partial charge >= 0.3 is 0 Å². The molecule has 0 heterocycles. The molecule has 4 nitrogen and oxygen atoms in total. The predicted molar refractivity (Wildman–Crippen MR) is 103 cm³/mol. The lowest BCUT2D eigenvalue weighted by molar-refractivity contribution is -0.117. The van der Waals surface area contributed by atoms with Gasteiger partial charge in [-0.15, -0.1) is 0 Å². The Kier molecular flexibility index (Phi) is 7.20. The summed E-state index contributed by atoms with van der Waals surface area (Å²) in [6, 6.07) is 0. The monoisotopic (exact) mass is 364 g/mol. The average Bonchev–Trinajstić information content (AvgIpc) is 2.92. The third-order valence-corrected chi connectivity index (χ3v) is 6.88. The number of fused-ring (bicyclic) bond motifs is 1. The molecular formula is C22H36O4. The van der Waals surface area contributed by atoms with Crippen molar-refractivity contribution in [2.45, 2.75) is 72.6 Å². The highest BCUT2D eigenvalue weighted by molar-refractivity contribution is 5.75.